The first-order chi connectivity index (χ1) is 13.7. The van der Waals surface area contributed by atoms with Gasteiger partial charge in [-0.15, -0.1) is 0 Å². The normalized spacial score (nSPS) is 35.2. The topological polar surface area (TPSA) is 67.4 Å². The Balaban J connectivity index is 1.40. The van der Waals surface area contributed by atoms with Crippen molar-refractivity contribution >= 4 is 17.5 Å². The number of hydrogen-bond donors (Lipinski definition) is 1. The van der Waals surface area contributed by atoms with Crippen LogP contribution in [0.2, 0.25) is 0 Å². The molecule has 0 aliphatic carbocycles. The quantitative estimate of drug-likeness (QED) is 0.803. The first-order valence-corrected chi connectivity index (χ1v) is 11.0. The number of anilines is 1. The van der Waals surface area contributed by atoms with Crippen molar-refractivity contribution in [3.63, 3.8) is 0 Å². The molecule has 7 nitrogen and oxygen atoms in total. The van der Waals surface area contributed by atoms with Gasteiger partial charge >= 0.3 is 5.95 Å². The van der Waals surface area contributed by atoms with Crippen LogP contribution in [-0.2, 0) is 9.53 Å². The van der Waals surface area contributed by atoms with Gasteiger partial charge in [-0.3, -0.25) is 9.28 Å². The Labute approximate surface area is 167 Å². The van der Waals surface area contributed by atoms with Gasteiger partial charge in [-0.2, -0.15) is 9.97 Å². The van der Waals surface area contributed by atoms with E-state index in [1.807, 2.05) is 17.3 Å². The van der Waals surface area contributed by atoms with Crippen LogP contribution in [0.15, 0.2) is 12.4 Å². The van der Waals surface area contributed by atoms with Crippen LogP contribution in [0.3, 0.4) is 0 Å². The van der Waals surface area contributed by atoms with Crippen LogP contribution in [-0.4, -0.2) is 67.4 Å². The molecule has 152 valence electrons. The second kappa shape index (κ2) is 7.04. The molecule has 1 N–H and O–H groups in total. The third kappa shape index (κ3) is 2.70. The van der Waals surface area contributed by atoms with Gasteiger partial charge in [0.05, 0.1) is 36.1 Å². The Hall–Kier alpha value is -1.57. The van der Waals surface area contributed by atoms with E-state index in [9.17, 15) is 4.79 Å². The van der Waals surface area contributed by atoms with E-state index in [1.54, 1.807) is 0 Å². The van der Waals surface area contributed by atoms with Gasteiger partial charge in [-0.1, -0.05) is 0 Å². The number of amides is 1. The van der Waals surface area contributed by atoms with Crippen molar-refractivity contribution in [1.82, 2.24) is 19.8 Å². The molecule has 28 heavy (non-hydrogen) atoms. The molecule has 1 spiro atoms. The predicted molar refractivity (Wildman–Crippen MR) is 108 cm³/mol. The molecule has 7 heteroatoms. The largest absolute Gasteiger partial charge is 0.381 e. The summed E-state index contributed by atoms with van der Waals surface area (Å²) in [6.07, 6.45) is 10.0. The van der Waals surface area contributed by atoms with Crippen LogP contribution in [0.4, 0.5) is 11.6 Å². The third-order valence-corrected chi connectivity index (χ3v) is 7.89. The molecule has 5 heterocycles. The third-order valence-electron chi connectivity index (χ3n) is 7.89. The Kier molecular flexibility index (Phi) is 4.64. The monoisotopic (exact) mass is 386 g/mol. The van der Waals surface area contributed by atoms with Gasteiger partial charge in [0.15, 0.2) is 0 Å². The van der Waals surface area contributed by atoms with Crippen molar-refractivity contribution in [3.8, 4) is 0 Å². The number of quaternary nitrogens is 1. The zero-order valence-electron chi connectivity index (χ0n) is 16.9. The van der Waals surface area contributed by atoms with Gasteiger partial charge in [0.2, 0.25) is 5.91 Å². The van der Waals surface area contributed by atoms with Crippen LogP contribution in [0, 0.1) is 5.41 Å². The number of carbonyl (C=O) groups is 1. The molecule has 4 aliphatic rings. The summed E-state index contributed by atoms with van der Waals surface area (Å²) < 4.78 is 6.39. The fourth-order valence-electron chi connectivity index (χ4n) is 6.10. The van der Waals surface area contributed by atoms with Crippen LogP contribution in [0.1, 0.15) is 45.4 Å². The van der Waals surface area contributed by atoms with E-state index in [1.165, 1.54) is 19.3 Å². The predicted octanol–water partition coefficient (Wildman–Crippen LogP) is 1.86. The molecule has 1 aromatic rings. The lowest BCUT2D eigenvalue weighted by atomic mass is 9.79. The molecule has 1 amide bonds. The number of nitrogens with one attached hydrogen (secondary N) is 1. The smallest absolute Gasteiger partial charge is 0.329 e. The maximum Gasteiger partial charge on any atom is 0.329 e. The van der Waals surface area contributed by atoms with Gasteiger partial charge in [0, 0.05) is 52.1 Å². The zero-order valence-corrected chi connectivity index (χ0v) is 16.9. The fourth-order valence-corrected chi connectivity index (χ4v) is 6.10. The van der Waals surface area contributed by atoms with E-state index in [2.05, 4.69) is 12.2 Å². The number of hydrogen-bond acceptors (Lipinski definition) is 5. The molecular formula is C21H32N5O2+. The highest BCUT2D eigenvalue weighted by Gasteiger charge is 2.51. The molecule has 0 bridgehead atoms. The van der Waals surface area contributed by atoms with Crippen molar-refractivity contribution < 1.29 is 9.53 Å². The van der Waals surface area contributed by atoms with Crippen molar-refractivity contribution in [2.24, 2.45) is 5.41 Å². The van der Waals surface area contributed by atoms with E-state index in [0.717, 1.165) is 61.6 Å². The van der Waals surface area contributed by atoms with Crippen molar-refractivity contribution in [3.05, 3.63) is 12.4 Å². The van der Waals surface area contributed by atoms with Crippen LogP contribution >= 0.6 is 0 Å². The minimum absolute atomic E-state index is 0.219. The maximum atomic E-state index is 13.2. The number of nitrogens with zero attached hydrogens (tertiary/aromatic N) is 4. The van der Waals surface area contributed by atoms with Crippen molar-refractivity contribution in [1.29, 1.82) is 0 Å². The molecule has 5 rings (SSSR count). The second-order valence-electron chi connectivity index (χ2n) is 9.13. The minimum atomic E-state index is -0.219. The van der Waals surface area contributed by atoms with Gasteiger partial charge in [0.25, 0.3) is 0 Å². The molecule has 4 fully saturated rings. The lowest BCUT2D eigenvalue weighted by molar-refractivity contribution is -0.130. The van der Waals surface area contributed by atoms with Gasteiger partial charge < -0.3 is 15.0 Å². The standard InChI is InChI=1S/C21H32N5O2/c1-16-3-2-10-26(16,18-4-8-22-15-18)20-23-13-17(14-24-20)25-9-5-21(19(25)27)6-11-28-12-7-21/h13-14,16,18,22H,2-12,15H2,1H3/q+1/t16-,18-,26?/m0/s1. The Morgan fingerprint density at radius 2 is 2.00 bits per heavy atom. The summed E-state index contributed by atoms with van der Waals surface area (Å²) >= 11 is 0. The van der Waals surface area contributed by atoms with Gasteiger partial charge in [-0.05, 0) is 26.2 Å². The maximum absolute atomic E-state index is 13.2. The number of rotatable bonds is 3. The summed E-state index contributed by atoms with van der Waals surface area (Å²) in [4.78, 5) is 24.8. The molecule has 1 aromatic heterocycles. The summed E-state index contributed by atoms with van der Waals surface area (Å²) in [7, 11) is 0. The lowest BCUT2D eigenvalue weighted by Crippen LogP contribution is -2.60. The Morgan fingerprint density at radius 1 is 1.21 bits per heavy atom. The Morgan fingerprint density at radius 3 is 2.64 bits per heavy atom. The zero-order chi connectivity index (χ0) is 19.2. The lowest BCUT2D eigenvalue weighted by Gasteiger charge is -2.40. The van der Waals surface area contributed by atoms with Crippen molar-refractivity contribution in [2.75, 3.05) is 44.3 Å². The number of ether oxygens (including phenoxy) is 1. The SMILES string of the molecule is C[C@H]1CCC[N+]1(c1ncc(N2CCC3(CCOCC3)C2=O)cn1)[C@H]1CCNC1. The molecule has 0 aromatic carbocycles. The average Bonchev–Trinajstić information content (AvgIpc) is 3.45. The molecule has 4 saturated heterocycles. The molecular weight excluding hydrogens is 354 g/mol. The van der Waals surface area contributed by atoms with Crippen molar-refractivity contribution in [2.45, 2.75) is 57.5 Å². The number of likely N-dealkylation sites (tertiary alicyclic amines) is 1. The number of carbonyl (C=O) groups excluding carboxylic acids is 1. The molecule has 1 unspecified atom stereocenters. The van der Waals surface area contributed by atoms with E-state index in [0.29, 0.717) is 25.3 Å². The molecule has 4 aliphatic heterocycles. The highest BCUT2D eigenvalue weighted by atomic mass is 16.5. The highest BCUT2D eigenvalue weighted by molar-refractivity contribution is 5.99. The first kappa shape index (κ1) is 18.5. The second-order valence-corrected chi connectivity index (χ2v) is 9.13. The van der Waals surface area contributed by atoms with E-state index in [4.69, 9.17) is 14.7 Å². The van der Waals surface area contributed by atoms with Gasteiger partial charge in [0.1, 0.15) is 6.04 Å². The van der Waals surface area contributed by atoms with E-state index < -0.39 is 0 Å². The van der Waals surface area contributed by atoms with Gasteiger partial charge in [-0.25, -0.2) is 0 Å². The average molecular weight is 387 g/mol. The van der Waals surface area contributed by atoms with Crippen LogP contribution < -0.4 is 14.7 Å². The summed E-state index contributed by atoms with van der Waals surface area (Å²) in [5, 5.41) is 3.52. The van der Waals surface area contributed by atoms with Crippen LogP contribution in [0.5, 0.6) is 0 Å². The minimum Gasteiger partial charge on any atom is -0.381 e. The van der Waals surface area contributed by atoms with E-state index >= 15 is 0 Å². The Bertz CT molecular complexity index is 727. The summed E-state index contributed by atoms with van der Waals surface area (Å²) in [5.74, 6) is 1.18. The van der Waals surface area contributed by atoms with E-state index in [-0.39, 0.29) is 11.3 Å². The summed E-state index contributed by atoms with van der Waals surface area (Å²) in [6, 6.07) is 1.11. The summed E-state index contributed by atoms with van der Waals surface area (Å²) in [6.45, 7) is 7.77. The number of aromatic nitrogens is 2. The van der Waals surface area contributed by atoms with Crippen LogP contribution in [0.25, 0.3) is 0 Å². The molecule has 0 radical (unpaired) electrons. The first-order valence-electron chi connectivity index (χ1n) is 11.0. The summed E-state index contributed by atoms with van der Waals surface area (Å²) in [5.41, 5.74) is 0.635. The molecule has 3 atom stereocenters. The fraction of sp³-hybridized carbons (Fsp3) is 0.762. The molecule has 0 saturated carbocycles. The highest BCUT2D eigenvalue weighted by Crippen LogP contribution is 2.43.